The molecular weight excluding hydrogens is 204 g/mol. The minimum Gasteiger partial charge on any atom is -0.481 e. The Morgan fingerprint density at radius 3 is 2.86 bits per heavy atom. The van der Waals surface area contributed by atoms with Crippen molar-refractivity contribution in [1.29, 1.82) is 0 Å². The molecule has 0 aliphatic rings. The van der Waals surface area contributed by atoms with Crippen LogP contribution in [0, 0.1) is 0 Å². The van der Waals surface area contributed by atoms with Crippen molar-refractivity contribution < 1.29 is 9.90 Å². The number of carboxylic acid groups (broad SMARTS) is 1. The molecule has 0 aromatic carbocycles. The lowest BCUT2D eigenvalue weighted by atomic mass is 10.5. The molecule has 0 amide bonds. The molecule has 0 saturated heterocycles. The standard InChI is InChI=1S/C6H4N2OS.C2H4O2/c9-6-5-4(1-2-10-5)7-3-8-6;1-2(3)4/h1-3H,(H,7,8,9);1H3,(H,3,4). The fourth-order valence-corrected chi connectivity index (χ4v) is 1.54. The van der Waals surface area contributed by atoms with Gasteiger partial charge in [-0.05, 0) is 11.4 Å². The van der Waals surface area contributed by atoms with Gasteiger partial charge in [-0.2, -0.15) is 0 Å². The molecule has 0 atom stereocenters. The highest BCUT2D eigenvalue weighted by molar-refractivity contribution is 7.17. The van der Waals surface area contributed by atoms with Crippen LogP contribution in [0.2, 0.25) is 0 Å². The number of aromatic amines is 1. The summed E-state index contributed by atoms with van der Waals surface area (Å²) >= 11 is 1.41. The predicted octanol–water partition coefficient (Wildman–Crippen LogP) is 1.08. The first-order valence-corrected chi connectivity index (χ1v) is 4.59. The number of thiophene rings is 1. The van der Waals surface area contributed by atoms with Crippen LogP contribution in [0.3, 0.4) is 0 Å². The number of nitrogens with one attached hydrogen (secondary N) is 1. The first-order chi connectivity index (χ1) is 6.61. The summed E-state index contributed by atoms with van der Waals surface area (Å²) in [5, 5.41) is 9.27. The van der Waals surface area contributed by atoms with E-state index in [-0.39, 0.29) is 5.56 Å². The molecule has 0 unspecified atom stereocenters. The Bertz CT molecular complexity index is 484. The van der Waals surface area contributed by atoms with Gasteiger partial charge in [0.25, 0.3) is 11.5 Å². The van der Waals surface area contributed by atoms with Crippen molar-refractivity contribution >= 4 is 27.5 Å². The minimum absolute atomic E-state index is 0.0556. The maximum Gasteiger partial charge on any atom is 0.300 e. The molecule has 0 bridgehead atoms. The van der Waals surface area contributed by atoms with E-state index in [2.05, 4.69) is 9.97 Å². The van der Waals surface area contributed by atoms with Gasteiger partial charge in [0.05, 0.1) is 11.8 Å². The molecule has 0 saturated carbocycles. The number of hydrogen-bond donors (Lipinski definition) is 2. The van der Waals surface area contributed by atoms with Crippen LogP contribution in [0.15, 0.2) is 22.6 Å². The number of aliphatic carboxylic acids is 1. The molecule has 74 valence electrons. The average molecular weight is 212 g/mol. The second-order valence-electron chi connectivity index (χ2n) is 2.39. The molecule has 0 aliphatic heterocycles. The van der Waals surface area contributed by atoms with E-state index in [0.717, 1.165) is 12.4 Å². The Morgan fingerprint density at radius 1 is 1.64 bits per heavy atom. The van der Waals surface area contributed by atoms with Crippen LogP contribution in [0.4, 0.5) is 0 Å². The van der Waals surface area contributed by atoms with Gasteiger partial charge in [-0.3, -0.25) is 9.59 Å². The first kappa shape index (κ1) is 10.4. The van der Waals surface area contributed by atoms with Gasteiger partial charge in [-0.15, -0.1) is 11.3 Å². The van der Waals surface area contributed by atoms with Gasteiger partial charge in [0.2, 0.25) is 0 Å². The maximum atomic E-state index is 11.0. The summed E-state index contributed by atoms with van der Waals surface area (Å²) in [5.41, 5.74) is 0.716. The molecule has 0 fully saturated rings. The Kier molecular flexibility index (Phi) is 3.35. The Labute approximate surface area is 83.0 Å². The van der Waals surface area contributed by atoms with Crippen LogP contribution in [0.1, 0.15) is 6.92 Å². The second kappa shape index (κ2) is 4.52. The van der Waals surface area contributed by atoms with E-state index in [1.807, 2.05) is 11.4 Å². The summed E-state index contributed by atoms with van der Waals surface area (Å²) in [6.07, 6.45) is 1.41. The molecule has 6 heteroatoms. The zero-order chi connectivity index (χ0) is 10.6. The highest BCUT2D eigenvalue weighted by Gasteiger charge is 1.97. The van der Waals surface area contributed by atoms with Crippen LogP contribution < -0.4 is 5.56 Å². The number of hydrogen-bond acceptors (Lipinski definition) is 4. The van der Waals surface area contributed by atoms with E-state index in [0.29, 0.717) is 4.70 Å². The summed E-state index contributed by atoms with van der Waals surface area (Å²) in [6, 6.07) is 1.83. The van der Waals surface area contributed by atoms with Crippen molar-refractivity contribution in [2.24, 2.45) is 0 Å². The summed E-state index contributed by atoms with van der Waals surface area (Å²) in [5.74, 6) is -0.833. The molecule has 14 heavy (non-hydrogen) atoms. The van der Waals surface area contributed by atoms with Crippen molar-refractivity contribution in [3.05, 3.63) is 28.1 Å². The van der Waals surface area contributed by atoms with Gasteiger partial charge < -0.3 is 10.1 Å². The van der Waals surface area contributed by atoms with Crippen LogP contribution in [-0.4, -0.2) is 21.0 Å². The molecule has 5 nitrogen and oxygen atoms in total. The maximum absolute atomic E-state index is 11.0. The van der Waals surface area contributed by atoms with E-state index in [1.54, 1.807) is 0 Å². The molecular formula is C8H8N2O3S. The molecule has 0 aliphatic carbocycles. The summed E-state index contributed by atoms with van der Waals surface area (Å²) < 4.78 is 0.697. The fourth-order valence-electron chi connectivity index (χ4n) is 0.800. The molecule has 2 rings (SSSR count). The number of aromatic nitrogens is 2. The number of carboxylic acids is 1. The highest BCUT2D eigenvalue weighted by Crippen LogP contribution is 2.11. The second-order valence-corrected chi connectivity index (χ2v) is 3.30. The minimum atomic E-state index is -0.833. The lowest BCUT2D eigenvalue weighted by Crippen LogP contribution is -2.02. The van der Waals surface area contributed by atoms with Gasteiger partial charge in [0.15, 0.2) is 0 Å². The third-order valence-electron chi connectivity index (χ3n) is 1.25. The number of H-pyrrole nitrogens is 1. The van der Waals surface area contributed by atoms with E-state index >= 15 is 0 Å². The van der Waals surface area contributed by atoms with E-state index in [9.17, 15) is 4.79 Å². The Morgan fingerprint density at radius 2 is 2.29 bits per heavy atom. The monoisotopic (exact) mass is 212 g/mol. The zero-order valence-electron chi connectivity index (χ0n) is 7.35. The molecule has 2 heterocycles. The highest BCUT2D eigenvalue weighted by atomic mass is 32.1. The third-order valence-corrected chi connectivity index (χ3v) is 2.15. The van der Waals surface area contributed by atoms with Crippen molar-refractivity contribution in [3.63, 3.8) is 0 Å². The van der Waals surface area contributed by atoms with Crippen molar-refractivity contribution in [3.8, 4) is 0 Å². The van der Waals surface area contributed by atoms with Gasteiger partial charge in [-0.25, -0.2) is 4.98 Å². The van der Waals surface area contributed by atoms with Gasteiger partial charge in [-0.1, -0.05) is 0 Å². The lowest BCUT2D eigenvalue weighted by molar-refractivity contribution is -0.134. The van der Waals surface area contributed by atoms with Gasteiger partial charge in [0, 0.05) is 6.92 Å². The zero-order valence-corrected chi connectivity index (χ0v) is 8.17. The van der Waals surface area contributed by atoms with Crippen LogP contribution in [-0.2, 0) is 4.79 Å². The van der Waals surface area contributed by atoms with Crippen molar-refractivity contribution in [1.82, 2.24) is 9.97 Å². The van der Waals surface area contributed by atoms with Crippen LogP contribution in [0.5, 0.6) is 0 Å². The normalized spacial score (nSPS) is 9.21. The van der Waals surface area contributed by atoms with Crippen LogP contribution >= 0.6 is 11.3 Å². The van der Waals surface area contributed by atoms with E-state index < -0.39 is 5.97 Å². The average Bonchev–Trinajstić information content (AvgIpc) is 2.52. The smallest absolute Gasteiger partial charge is 0.300 e. The predicted molar refractivity (Wildman–Crippen MR) is 53.6 cm³/mol. The van der Waals surface area contributed by atoms with E-state index in [4.69, 9.17) is 9.90 Å². The number of carbonyl (C=O) groups is 1. The number of fused-ring (bicyclic) bond motifs is 1. The molecule has 2 aromatic rings. The number of rotatable bonds is 0. The van der Waals surface area contributed by atoms with Crippen molar-refractivity contribution in [2.75, 3.05) is 0 Å². The largest absolute Gasteiger partial charge is 0.481 e. The first-order valence-electron chi connectivity index (χ1n) is 3.71. The number of nitrogens with zero attached hydrogens (tertiary/aromatic N) is 1. The van der Waals surface area contributed by atoms with Gasteiger partial charge >= 0.3 is 0 Å². The third kappa shape index (κ3) is 2.67. The molecule has 2 aromatic heterocycles. The van der Waals surface area contributed by atoms with Crippen molar-refractivity contribution in [2.45, 2.75) is 6.92 Å². The van der Waals surface area contributed by atoms with Gasteiger partial charge in [0.1, 0.15) is 4.70 Å². The Hall–Kier alpha value is -1.69. The SMILES string of the molecule is CC(=O)O.O=c1[nH]cnc2ccsc12. The summed E-state index contributed by atoms with van der Waals surface area (Å²) in [7, 11) is 0. The van der Waals surface area contributed by atoms with Crippen LogP contribution in [0.25, 0.3) is 10.2 Å². The van der Waals surface area contributed by atoms with E-state index in [1.165, 1.54) is 17.7 Å². The topological polar surface area (TPSA) is 83.0 Å². The quantitative estimate of drug-likeness (QED) is 0.684. The molecule has 2 N–H and O–H groups in total. The summed E-state index contributed by atoms with van der Waals surface area (Å²) in [6.45, 7) is 1.08. The fraction of sp³-hybridized carbons (Fsp3) is 0.125. The lowest BCUT2D eigenvalue weighted by Gasteiger charge is -1.82. The Balaban J connectivity index is 0.000000213. The molecule has 0 radical (unpaired) electrons. The molecule has 0 spiro atoms. The summed E-state index contributed by atoms with van der Waals surface area (Å²) in [4.78, 5) is 26.4.